The molecule has 234 valence electrons. The van der Waals surface area contributed by atoms with Gasteiger partial charge in [0, 0.05) is 43.5 Å². The van der Waals surface area contributed by atoms with Gasteiger partial charge >= 0.3 is 0 Å². The van der Waals surface area contributed by atoms with Crippen LogP contribution in [0.2, 0.25) is 0 Å². The summed E-state index contributed by atoms with van der Waals surface area (Å²) in [5, 5.41) is 0. The van der Waals surface area contributed by atoms with Crippen LogP contribution in [-0.2, 0) is 4.79 Å². The molecule has 3 heteroatoms. The lowest BCUT2D eigenvalue weighted by Crippen LogP contribution is -2.30. The summed E-state index contributed by atoms with van der Waals surface area (Å²) in [6.07, 6.45) is 32.0. The largest absolute Gasteiger partial charge is 0.371 e. The van der Waals surface area contributed by atoms with Crippen molar-refractivity contribution in [3.05, 3.63) is 106 Å². The van der Waals surface area contributed by atoms with E-state index in [1.54, 1.807) is 5.57 Å². The molecule has 0 bridgehead atoms. The minimum absolute atomic E-state index is 0.288. The molecule has 1 fully saturated rings. The van der Waals surface area contributed by atoms with E-state index in [2.05, 4.69) is 97.1 Å². The maximum atomic E-state index is 12.9. The number of nitrogens with zero attached hydrogens (tertiary/aromatic N) is 2. The lowest BCUT2D eigenvalue weighted by molar-refractivity contribution is -0.121. The van der Waals surface area contributed by atoms with Crippen molar-refractivity contribution in [2.45, 2.75) is 97.3 Å². The van der Waals surface area contributed by atoms with Crippen LogP contribution in [0.4, 0.5) is 0 Å². The van der Waals surface area contributed by atoms with Gasteiger partial charge in [-0.05, 0) is 104 Å². The summed E-state index contributed by atoms with van der Waals surface area (Å²) in [5.41, 5.74) is 9.93. The quantitative estimate of drug-likeness (QED) is 0.123. The minimum Gasteiger partial charge on any atom is -0.371 e. The summed E-state index contributed by atoms with van der Waals surface area (Å²) in [6.45, 7) is 10.8. The molecule has 0 N–H and O–H groups in total. The van der Waals surface area contributed by atoms with Gasteiger partial charge in [0.25, 0.3) is 0 Å². The highest BCUT2D eigenvalue weighted by molar-refractivity contribution is 5.97. The van der Waals surface area contributed by atoms with Gasteiger partial charge in [-0.3, -0.25) is 9.79 Å². The fraction of sp³-hybridized carbons (Fsp3) is 0.463. The maximum absolute atomic E-state index is 12.9. The van der Waals surface area contributed by atoms with E-state index in [4.69, 9.17) is 0 Å². The van der Waals surface area contributed by atoms with E-state index in [9.17, 15) is 4.79 Å². The highest BCUT2D eigenvalue weighted by Gasteiger charge is 2.28. The smallest absolute Gasteiger partial charge is 0.161 e. The van der Waals surface area contributed by atoms with Crippen LogP contribution in [-0.4, -0.2) is 37.0 Å². The summed E-state index contributed by atoms with van der Waals surface area (Å²) < 4.78 is 0. The molecule has 0 unspecified atom stereocenters. The van der Waals surface area contributed by atoms with E-state index in [1.807, 2.05) is 13.3 Å². The third kappa shape index (κ3) is 9.52. The van der Waals surface area contributed by atoms with E-state index in [1.165, 1.54) is 60.1 Å². The molecule has 0 spiro atoms. The second-order valence-corrected chi connectivity index (χ2v) is 12.5. The minimum atomic E-state index is 0.288. The number of ketones is 1. The maximum Gasteiger partial charge on any atom is 0.161 e. The molecule has 0 aromatic heterocycles. The predicted molar refractivity (Wildman–Crippen MR) is 191 cm³/mol. The van der Waals surface area contributed by atoms with Crippen molar-refractivity contribution < 1.29 is 4.79 Å². The van der Waals surface area contributed by atoms with Gasteiger partial charge in [0.2, 0.25) is 0 Å². The second-order valence-electron chi connectivity index (χ2n) is 12.5. The number of Topliss-reactive ketones (excluding diaryl/α,β-unsaturated/α-hetero) is 1. The summed E-state index contributed by atoms with van der Waals surface area (Å²) in [6, 6.07) is 8.94. The molecule has 0 radical (unpaired) electrons. The van der Waals surface area contributed by atoms with Crippen LogP contribution in [0, 0.1) is 5.92 Å². The van der Waals surface area contributed by atoms with Crippen molar-refractivity contribution in [1.29, 1.82) is 0 Å². The first kappa shape index (κ1) is 33.4. The van der Waals surface area contributed by atoms with Crippen LogP contribution in [0.5, 0.6) is 0 Å². The summed E-state index contributed by atoms with van der Waals surface area (Å²) >= 11 is 0. The van der Waals surface area contributed by atoms with Gasteiger partial charge in [0.1, 0.15) is 0 Å². The fourth-order valence-corrected chi connectivity index (χ4v) is 6.45. The van der Waals surface area contributed by atoms with Crippen molar-refractivity contribution in [2.75, 3.05) is 20.1 Å². The molecule has 1 aromatic rings. The zero-order valence-electron chi connectivity index (χ0n) is 27.6. The fourth-order valence-electron chi connectivity index (χ4n) is 6.45. The molecular formula is C41H54N2O. The number of unbranched alkanes of at least 4 members (excludes halogenated alkanes) is 1. The standard InChI is InChI=1S/C41H54N2O/c1-5-13-33(14-6-2)15-8-7-9-16-34-22-25-35(26-23-34)38-24-21-32(3)39(31-38)40(27-28-42-4)43-29-11-19-37(20-12-30-43)41(44)36-17-10-18-36/h9,15-16,19,22-28,31,36H,3,5-8,10-14,17-18,20-21,29-30H2,1-2,4H3/b16-9+,37-19-,40-27+,42-28-. The molecule has 3 nitrogen and oxygen atoms in total. The van der Waals surface area contributed by atoms with E-state index in [0.717, 1.165) is 75.6 Å². The van der Waals surface area contributed by atoms with Gasteiger partial charge in [-0.2, -0.15) is 0 Å². The molecule has 1 aromatic carbocycles. The number of benzene rings is 1. The molecular weight excluding hydrogens is 536 g/mol. The first-order valence-corrected chi connectivity index (χ1v) is 17.2. The molecule has 1 heterocycles. The molecule has 1 saturated carbocycles. The molecule has 44 heavy (non-hydrogen) atoms. The Labute approximate surface area is 267 Å². The summed E-state index contributed by atoms with van der Waals surface area (Å²) in [4.78, 5) is 19.6. The summed E-state index contributed by atoms with van der Waals surface area (Å²) in [7, 11) is 1.82. The van der Waals surface area contributed by atoms with Gasteiger partial charge in [-0.1, -0.05) is 99.9 Å². The Morgan fingerprint density at radius 3 is 2.48 bits per heavy atom. The molecule has 2 aliphatic carbocycles. The Hall–Kier alpha value is -3.46. The monoisotopic (exact) mass is 590 g/mol. The summed E-state index contributed by atoms with van der Waals surface area (Å²) in [5.74, 6) is 0.703. The van der Waals surface area contributed by atoms with Crippen LogP contribution in [0.3, 0.4) is 0 Å². The van der Waals surface area contributed by atoms with Gasteiger partial charge in [-0.15, -0.1) is 0 Å². The Kier molecular flexibility index (Phi) is 13.5. The third-order valence-electron chi connectivity index (χ3n) is 9.17. The van der Waals surface area contributed by atoms with E-state index >= 15 is 0 Å². The van der Waals surface area contributed by atoms with E-state index in [0.29, 0.717) is 5.78 Å². The molecule has 3 aliphatic rings. The van der Waals surface area contributed by atoms with Crippen molar-refractivity contribution >= 4 is 23.6 Å². The number of hydrogen-bond donors (Lipinski definition) is 0. The lowest BCUT2D eigenvalue weighted by atomic mass is 9.78. The van der Waals surface area contributed by atoms with Crippen molar-refractivity contribution in [3.8, 4) is 0 Å². The Morgan fingerprint density at radius 2 is 1.80 bits per heavy atom. The zero-order valence-corrected chi connectivity index (χ0v) is 27.6. The van der Waals surface area contributed by atoms with Crippen LogP contribution < -0.4 is 0 Å². The molecule has 0 saturated heterocycles. The third-order valence-corrected chi connectivity index (χ3v) is 9.17. The first-order valence-electron chi connectivity index (χ1n) is 17.2. The number of hydrogen-bond acceptors (Lipinski definition) is 3. The lowest BCUT2D eigenvalue weighted by Gasteiger charge is -2.32. The Bertz CT molecular complexity index is 1330. The molecule has 4 rings (SSSR count). The predicted octanol–water partition coefficient (Wildman–Crippen LogP) is 10.6. The number of rotatable bonds is 14. The van der Waals surface area contributed by atoms with Crippen LogP contribution >= 0.6 is 0 Å². The van der Waals surface area contributed by atoms with E-state index < -0.39 is 0 Å². The number of aliphatic imine (C=N–C) groups is 1. The van der Waals surface area contributed by atoms with Gasteiger partial charge in [0.05, 0.1) is 0 Å². The van der Waals surface area contributed by atoms with Crippen molar-refractivity contribution in [2.24, 2.45) is 10.9 Å². The van der Waals surface area contributed by atoms with Crippen LogP contribution in [0.25, 0.3) is 11.6 Å². The number of carbonyl (C=O) groups excluding carboxylic acids is 1. The number of carbonyl (C=O) groups is 1. The normalized spacial score (nSPS) is 19.6. The average molecular weight is 591 g/mol. The van der Waals surface area contributed by atoms with Crippen LogP contribution in [0.1, 0.15) is 108 Å². The zero-order chi connectivity index (χ0) is 31.1. The molecule has 0 amide bonds. The van der Waals surface area contributed by atoms with Gasteiger partial charge in [-0.25, -0.2) is 0 Å². The van der Waals surface area contributed by atoms with Gasteiger partial charge in [0.15, 0.2) is 5.78 Å². The Balaban J connectivity index is 1.43. The van der Waals surface area contributed by atoms with Crippen LogP contribution in [0.15, 0.2) is 100 Å². The highest BCUT2D eigenvalue weighted by atomic mass is 16.1. The van der Waals surface area contributed by atoms with E-state index in [-0.39, 0.29) is 5.92 Å². The van der Waals surface area contributed by atoms with Gasteiger partial charge < -0.3 is 4.90 Å². The molecule has 1 aliphatic heterocycles. The Morgan fingerprint density at radius 1 is 1.02 bits per heavy atom. The first-order chi connectivity index (χ1) is 21.5. The SMILES string of the molecule is C=C1CC=C(c2ccc(/C=C/CCC=C(CCC)CCC)cc2)C=C1/C(=C\C=N/C)N1CC/C=C(\C(=O)C2CCC2)CCC1. The second kappa shape index (κ2) is 17.7. The number of allylic oxidation sites excluding steroid dienone is 9. The van der Waals surface area contributed by atoms with Crippen molar-refractivity contribution in [1.82, 2.24) is 4.90 Å². The highest BCUT2D eigenvalue weighted by Crippen LogP contribution is 2.35. The average Bonchev–Trinajstić information content (AvgIpc) is 2.98. The molecule has 0 atom stereocenters. The van der Waals surface area contributed by atoms with Crippen molar-refractivity contribution in [3.63, 3.8) is 0 Å². The topological polar surface area (TPSA) is 32.7 Å².